The lowest BCUT2D eigenvalue weighted by molar-refractivity contribution is 0.101. The Morgan fingerprint density at radius 1 is 1.41 bits per heavy atom. The van der Waals surface area contributed by atoms with E-state index in [-0.39, 0.29) is 18.5 Å². The highest BCUT2D eigenvalue weighted by atomic mass is 19.1. The van der Waals surface area contributed by atoms with Crippen LogP contribution in [0.1, 0.15) is 12.2 Å². The summed E-state index contributed by atoms with van der Waals surface area (Å²) in [6.45, 7) is 1.37. The van der Waals surface area contributed by atoms with E-state index in [2.05, 4.69) is 15.4 Å². The summed E-state index contributed by atoms with van der Waals surface area (Å²) in [5.41, 5.74) is 0. The molecule has 1 aliphatic heterocycles. The molecule has 118 valence electrons. The van der Waals surface area contributed by atoms with E-state index in [1.807, 2.05) is 4.68 Å². The highest BCUT2D eigenvalue weighted by Gasteiger charge is 2.20. The number of halogens is 1. The molecule has 1 aliphatic rings. The van der Waals surface area contributed by atoms with E-state index < -0.39 is 6.10 Å². The quantitative estimate of drug-likeness (QED) is 0.824. The zero-order chi connectivity index (χ0) is 15.4. The largest absolute Gasteiger partial charge is 0.491 e. The molecule has 2 N–H and O–H groups in total. The van der Waals surface area contributed by atoms with Gasteiger partial charge in [0.2, 0.25) is 0 Å². The molecule has 2 heterocycles. The van der Waals surface area contributed by atoms with Crippen LogP contribution in [0.5, 0.6) is 5.75 Å². The monoisotopic (exact) mass is 306 g/mol. The van der Waals surface area contributed by atoms with Crippen molar-refractivity contribution < 1.29 is 14.2 Å². The van der Waals surface area contributed by atoms with Crippen LogP contribution in [0.15, 0.2) is 30.6 Å². The van der Waals surface area contributed by atoms with Gasteiger partial charge in [0, 0.05) is 19.0 Å². The summed E-state index contributed by atoms with van der Waals surface area (Å²) in [6.07, 6.45) is 2.81. The number of benzene rings is 1. The number of aliphatic hydroxyl groups is 1. The zero-order valence-corrected chi connectivity index (χ0v) is 12.2. The third-order valence-corrected chi connectivity index (χ3v) is 3.70. The number of nitrogens with one attached hydrogen (secondary N) is 1. The lowest BCUT2D eigenvalue weighted by atomic mass is 10.1. The van der Waals surface area contributed by atoms with E-state index in [4.69, 9.17) is 4.74 Å². The highest BCUT2D eigenvalue weighted by Crippen LogP contribution is 2.12. The number of hydrogen-bond donors (Lipinski definition) is 2. The minimum atomic E-state index is -0.623. The number of rotatable bonds is 6. The second-order valence-corrected chi connectivity index (χ2v) is 5.42. The molecule has 2 aromatic rings. The van der Waals surface area contributed by atoms with Crippen LogP contribution in [0, 0.1) is 5.82 Å². The highest BCUT2D eigenvalue weighted by molar-refractivity contribution is 5.22. The maximum absolute atomic E-state index is 12.8. The van der Waals surface area contributed by atoms with Gasteiger partial charge in [0.1, 0.15) is 36.4 Å². The van der Waals surface area contributed by atoms with Crippen LogP contribution in [0.25, 0.3) is 0 Å². The van der Waals surface area contributed by atoms with Crippen molar-refractivity contribution in [2.45, 2.75) is 31.5 Å². The molecule has 0 bridgehead atoms. The van der Waals surface area contributed by atoms with Crippen molar-refractivity contribution >= 4 is 0 Å². The van der Waals surface area contributed by atoms with E-state index >= 15 is 0 Å². The predicted octanol–water partition coefficient (Wildman–Crippen LogP) is 0.761. The lowest BCUT2D eigenvalue weighted by Crippen LogP contribution is -2.42. The summed E-state index contributed by atoms with van der Waals surface area (Å²) >= 11 is 0. The van der Waals surface area contributed by atoms with E-state index in [1.54, 1.807) is 18.5 Å². The van der Waals surface area contributed by atoms with Crippen molar-refractivity contribution in [2.75, 3.05) is 13.2 Å². The number of hydrogen-bond acceptors (Lipinski definition) is 5. The molecule has 7 heteroatoms. The Hall–Kier alpha value is -1.99. The van der Waals surface area contributed by atoms with Crippen LogP contribution in [0.3, 0.4) is 0 Å². The molecule has 1 aromatic carbocycles. The number of aliphatic hydroxyl groups excluding tert-OH is 1. The molecule has 0 unspecified atom stereocenters. The van der Waals surface area contributed by atoms with Crippen molar-refractivity contribution in [1.29, 1.82) is 0 Å². The molecule has 3 rings (SSSR count). The molecule has 22 heavy (non-hydrogen) atoms. The minimum Gasteiger partial charge on any atom is -0.491 e. The van der Waals surface area contributed by atoms with Gasteiger partial charge >= 0.3 is 0 Å². The van der Waals surface area contributed by atoms with Gasteiger partial charge in [0.25, 0.3) is 0 Å². The average molecular weight is 306 g/mol. The first-order valence-corrected chi connectivity index (χ1v) is 7.37. The van der Waals surface area contributed by atoms with Gasteiger partial charge in [-0.1, -0.05) is 0 Å². The first-order chi connectivity index (χ1) is 10.7. The molecule has 0 radical (unpaired) electrons. The first-order valence-electron chi connectivity index (χ1n) is 7.37. The topological polar surface area (TPSA) is 72.2 Å². The fraction of sp³-hybridized carbons (Fsp3) is 0.467. The van der Waals surface area contributed by atoms with Crippen LogP contribution in [-0.2, 0) is 13.0 Å². The van der Waals surface area contributed by atoms with Crippen molar-refractivity contribution in [3.63, 3.8) is 0 Å². The van der Waals surface area contributed by atoms with Gasteiger partial charge in [-0.15, -0.1) is 0 Å². The lowest BCUT2D eigenvalue weighted by Gasteiger charge is -2.24. The van der Waals surface area contributed by atoms with E-state index in [0.717, 1.165) is 25.2 Å². The van der Waals surface area contributed by atoms with Gasteiger partial charge in [0.05, 0.1) is 6.54 Å². The van der Waals surface area contributed by atoms with Crippen molar-refractivity contribution in [3.8, 4) is 5.75 Å². The predicted molar refractivity (Wildman–Crippen MR) is 78.0 cm³/mol. The molecule has 2 atom stereocenters. The average Bonchev–Trinajstić information content (AvgIpc) is 3.00. The standard InChI is InChI=1S/C15H19FN4O2/c16-11-1-4-14(5-2-11)22-9-13(21)7-17-12-3-6-15-18-10-19-20(15)8-12/h1-2,4-5,10,12-13,17,21H,3,6-9H2/t12-,13+/m0/s1. The summed E-state index contributed by atoms with van der Waals surface area (Å²) in [5, 5.41) is 17.4. The van der Waals surface area contributed by atoms with E-state index in [9.17, 15) is 9.50 Å². The van der Waals surface area contributed by atoms with Gasteiger partial charge in [0.15, 0.2) is 0 Å². The molecule has 0 amide bonds. The Balaban J connectivity index is 1.39. The minimum absolute atomic E-state index is 0.167. The van der Waals surface area contributed by atoms with Gasteiger partial charge < -0.3 is 15.2 Å². The van der Waals surface area contributed by atoms with Crippen LogP contribution in [0.4, 0.5) is 4.39 Å². The Morgan fingerprint density at radius 3 is 3.05 bits per heavy atom. The van der Waals surface area contributed by atoms with Gasteiger partial charge in [-0.3, -0.25) is 0 Å². The number of aromatic nitrogens is 3. The number of aryl methyl sites for hydroxylation is 1. The number of fused-ring (bicyclic) bond motifs is 1. The van der Waals surface area contributed by atoms with E-state index in [1.165, 1.54) is 12.1 Å². The number of ether oxygens (including phenoxy) is 1. The molecule has 1 aromatic heterocycles. The summed E-state index contributed by atoms with van der Waals surface area (Å²) < 4.78 is 20.1. The molecule has 0 spiro atoms. The second-order valence-electron chi connectivity index (χ2n) is 5.42. The van der Waals surface area contributed by atoms with E-state index in [0.29, 0.717) is 12.3 Å². The third kappa shape index (κ3) is 3.80. The molecule has 0 saturated carbocycles. The SMILES string of the molecule is O[C@H](CN[C@H]1CCc2ncnn2C1)COc1ccc(F)cc1. The van der Waals surface area contributed by atoms with Crippen LogP contribution in [0.2, 0.25) is 0 Å². The van der Waals surface area contributed by atoms with Crippen molar-refractivity contribution in [2.24, 2.45) is 0 Å². The number of nitrogens with zero attached hydrogens (tertiary/aromatic N) is 3. The smallest absolute Gasteiger partial charge is 0.138 e. The fourth-order valence-corrected chi connectivity index (χ4v) is 2.49. The Kier molecular flexibility index (Phi) is 4.65. The third-order valence-electron chi connectivity index (χ3n) is 3.70. The van der Waals surface area contributed by atoms with Crippen LogP contribution < -0.4 is 10.1 Å². The van der Waals surface area contributed by atoms with Crippen LogP contribution >= 0.6 is 0 Å². The Bertz CT molecular complexity index is 602. The molecule has 0 aliphatic carbocycles. The summed E-state index contributed by atoms with van der Waals surface area (Å²) in [5.74, 6) is 1.25. The van der Waals surface area contributed by atoms with Gasteiger partial charge in [-0.05, 0) is 30.7 Å². The second kappa shape index (κ2) is 6.85. The molecule has 6 nitrogen and oxygen atoms in total. The molecular formula is C15H19FN4O2. The summed E-state index contributed by atoms with van der Waals surface area (Å²) in [6, 6.07) is 6.02. The fourth-order valence-electron chi connectivity index (χ4n) is 2.49. The molecular weight excluding hydrogens is 287 g/mol. The first kappa shape index (κ1) is 14.9. The van der Waals surface area contributed by atoms with Crippen molar-refractivity contribution in [3.05, 3.63) is 42.2 Å². The van der Waals surface area contributed by atoms with Crippen molar-refractivity contribution in [1.82, 2.24) is 20.1 Å². The molecule has 0 saturated heterocycles. The Morgan fingerprint density at radius 2 is 2.23 bits per heavy atom. The summed E-state index contributed by atoms with van der Waals surface area (Å²) in [4.78, 5) is 4.18. The normalized spacial score (nSPS) is 18.7. The zero-order valence-electron chi connectivity index (χ0n) is 12.2. The maximum Gasteiger partial charge on any atom is 0.138 e. The summed E-state index contributed by atoms with van der Waals surface area (Å²) in [7, 11) is 0. The van der Waals surface area contributed by atoms with Gasteiger partial charge in [-0.25, -0.2) is 14.1 Å². The Labute approximate surface area is 127 Å². The van der Waals surface area contributed by atoms with Gasteiger partial charge in [-0.2, -0.15) is 5.10 Å². The maximum atomic E-state index is 12.8. The molecule has 0 fully saturated rings. The van der Waals surface area contributed by atoms with Crippen LogP contribution in [-0.4, -0.2) is 45.2 Å².